The number of hydrogen-bond acceptors (Lipinski definition) is 2. The molecule has 0 aliphatic carbocycles. The van der Waals surface area contributed by atoms with Gasteiger partial charge in [-0.1, -0.05) is 29.8 Å². The van der Waals surface area contributed by atoms with Gasteiger partial charge in [-0.25, -0.2) is 0 Å². The Balaban J connectivity index is 2.40. The van der Waals surface area contributed by atoms with Gasteiger partial charge in [0.15, 0.2) is 0 Å². The van der Waals surface area contributed by atoms with Gasteiger partial charge in [0.25, 0.3) is 0 Å². The molecule has 0 saturated carbocycles. The van der Waals surface area contributed by atoms with Crippen molar-refractivity contribution in [3.8, 4) is 0 Å². The van der Waals surface area contributed by atoms with E-state index in [1.807, 2.05) is 0 Å². The number of rotatable bonds is 2. The summed E-state index contributed by atoms with van der Waals surface area (Å²) in [5.74, 6) is 0.642. The van der Waals surface area contributed by atoms with Gasteiger partial charge in [-0.05, 0) is 56.9 Å². The van der Waals surface area contributed by atoms with Gasteiger partial charge in [0.2, 0.25) is 0 Å². The first-order chi connectivity index (χ1) is 9.21. The molecule has 2 rings (SSSR count). The van der Waals surface area contributed by atoms with Crippen molar-refractivity contribution in [2.24, 2.45) is 5.92 Å². The molecule has 0 bridgehead atoms. The van der Waals surface area contributed by atoms with Gasteiger partial charge in [-0.15, -0.1) is 0 Å². The van der Waals surface area contributed by atoms with Gasteiger partial charge in [0.05, 0.1) is 0 Å². The van der Waals surface area contributed by atoms with E-state index in [0.29, 0.717) is 12.0 Å². The Bertz CT molecular complexity index is 471. The van der Waals surface area contributed by atoms with E-state index in [9.17, 15) is 0 Å². The molecule has 1 N–H and O–H groups in total. The van der Waals surface area contributed by atoms with Crippen LogP contribution in [0.15, 0.2) is 16.6 Å². The molecule has 1 aromatic carbocycles. The Hall–Kier alpha value is -0.540. The van der Waals surface area contributed by atoms with Gasteiger partial charge in [0, 0.05) is 34.8 Å². The lowest BCUT2D eigenvalue weighted by atomic mass is 9.92. The summed E-state index contributed by atoms with van der Waals surface area (Å²) in [5.41, 5.74) is 4.16. The van der Waals surface area contributed by atoms with E-state index in [4.69, 9.17) is 0 Å². The zero-order valence-corrected chi connectivity index (χ0v) is 15.1. The fraction of sp³-hybridized carbons (Fsp3) is 0.647. The number of anilines is 1. The number of benzene rings is 1. The Kier molecular flexibility index (Phi) is 4.50. The Morgan fingerprint density at radius 2 is 1.80 bits per heavy atom. The maximum absolute atomic E-state index is 3.68. The number of aryl methyl sites for hydroxylation is 2. The minimum absolute atomic E-state index is 0.167. The lowest BCUT2D eigenvalue weighted by molar-refractivity contribution is 0.277. The molecular weight excluding hydrogens is 312 g/mol. The van der Waals surface area contributed by atoms with E-state index in [0.717, 1.165) is 13.1 Å². The number of piperazine rings is 1. The summed E-state index contributed by atoms with van der Waals surface area (Å²) in [4.78, 5) is 2.59. The molecule has 1 heterocycles. The number of nitrogens with one attached hydrogen (secondary N) is 1. The molecule has 1 saturated heterocycles. The van der Waals surface area contributed by atoms with E-state index in [-0.39, 0.29) is 5.54 Å². The van der Waals surface area contributed by atoms with Crippen molar-refractivity contribution < 1.29 is 0 Å². The molecule has 0 aromatic heterocycles. The van der Waals surface area contributed by atoms with E-state index >= 15 is 0 Å². The van der Waals surface area contributed by atoms with Crippen LogP contribution in [0.4, 0.5) is 5.69 Å². The fourth-order valence-electron chi connectivity index (χ4n) is 3.06. The molecule has 1 atom stereocenters. The Morgan fingerprint density at radius 3 is 2.30 bits per heavy atom. The van der Waals surface area contributed by atoms with Crippen LogP contribution < -0.4 is 10.2 Å². The quantitative estimate of drug-likeness (QED) is 0.865. The molecular formula is C17H27BrN2. The average molecular weight is 339 g/mol. The molecule has 1 aliphatic rings. The summed E-state index contributed by atoms with van der Waals surface area (Å²) >= 11 is 3.67. The topological polar surface area (TPSA) is 15.3 Å². The summed E-state index contributed by atoms with van der Waals surface area (Å²) in [7, 11) is 0. The van der Waals surface area contributed by atoms with E-state index < -0.39 is 0 Å². The van der Waals surface area contributed by atoms with Crippen LogP contribution in [-0.4, -0.2) is 24.7 Å². The van der Waals surface area contributed by atoms with Crippen LogP contribution in [0.2, 0.25) is 0 Å². The highest BCUT2D eigenvalue weighted by Crippen LogP contribution is 2.32. The highest BCUT2D eigenvalue weighted by atomic mass is 79.9. The summed E-state index contributed by atoms with van der Waals surface area (Å²) in [6.45, 7) is 15.7. The zero-order valence-electron chi connectivity index (χ0n) is 13.5. The first-order valence-corrected chi connectivity index (χ1v) is 8.29. The first-order valence-electron chi connectivity index (χ1n) is 7.50. The fourth-order valence-corrected chi connectivity index (χ4v) is 3.29. The van der Waals surface area contributed by atoms with Crippen molar-refractivity contribution in [2.45, 2.75) is 53.1 Å². The lowest BCUT2D eigenvalue weighted by Gasteiger charge is -2.47. The second kappa shape index (κ2) is 5.69. The lowest BCUT2D eigenvalue weighted by Crippen LogP contribution is -2.63. The molecule has 3 heteroatoms. The smallest absolute Gasteiger partial charge is 0.0438 e. The first kappa shape index (κ1) is 15.8. The molecule has 2 nitrogen and oxygen atoms in total. The summed E-state index contributed by atoms with van der Waals surface area (Å²) in [5, 5.41) is 3.68. The van der Waals surface area contributed by atoms with Crippen LogP contribution in [0.3, 0.4) is 0 Å². The van der Waals surface area contributed by atoms with Crippen LogP contribution in [0.5, 0.6) is 0 Å². The third-order valence-electron chi connectivity index (χ3n) is 4.28. The third-order valence-corrected chi connectivity index (χ3v) is 5.53. The summed E-state index contributed by atoms with van der Waals surface area (Å²) in [6.07, 6.45) is 0. The van der Waals surface area contributed by atoms with Crippen LogP contribution in [-0.2, 0) is 0 Å². The molecule has 20 heavy (non-hydrogen) atoms. The molecule has 1 unspecified atom stereocenters. The standard InChI is InChI=1S/C17H27BrN2/c1-11(2)15-9-19-17(5,6)10-20(15)14-7-12(3)16(18)13(4)8-14/h7-8,11,15,19H,9-10H2,1-6H3. The number of hydrogen-bond donors (Lipinski definition) is 1. The minimum atomic E-state index is 0.167. The molecule has 0 amide bonds. The number of halogens is 1. The predicted octanol–water partition coefficient (Wildman–Crippen LogP) is 4.28. The maximum Gasteiger partial charge on any atom is 0.0438 e. The van der Waals surface area contributed by atoms with E-state index in [2.05, 4.69) is 79.8 Å². The molecule has 112 valence electrons. The second-order valence-corrected chi connectivity index (χ2v) is 7.89. The average Bonchev–Trinajstić information content (AvgIpc) is 2.33. The molecule has 1 aliphatic heterocycles. The largest absolute Gasteiger partial charge is 0.365 e. The summed E-state index contributed by atoms with van der Waals surface area (Å²) < 4.78 is 1.23. The SMILES string of the molecule is Cc1cc(N2CC(C)(C)NCC2C(C)C)cc(C)c1Br. The third kappa shape index (κ3) is 3.20. The van der Waals surface area contributed by atoms with Crippen LogP contribution >= 0.6 is 15.9 Å². The normalized spacial score (nSPS) is 22.4. The minimum Gasteiger partial charge on any atom is -0.365 e. The van der Waals surface area contributed by atoms with Crippen molar-refractivity contribution in [3.63, 3.8) is 0 Å². The molecule has 0 spiro atoms. The number of nitrogens with zero attached hydrogens (tertiary/aromatic N) is 1. The van der Waals surface area contributed by atoms with Crippen molar-refractivity contribution in [3.05, 3.63) is 27.7 Å². The second-order valence-electron chi connectivity index (χ2n) is 7.10. The van der Waals surface area contributed by atoms with Gasteiger partial charge in [-0.2, -0.15) is 0 Å². The van der Waals surface area contributed by atoms with Gasteiger partial charge in [-0.3, -0.25) is 0 Å². The monoisotopic (exact) mass is 338 g/mol. The highest BCUT2D eigenvalue weighted by Gasteiger charge is 2.34. The van der Waals surface area contributed by atoms with Gasteiger partial charge in [0.1, 0.15) is 0 Å². The zero-order chi connectivity index (χ0) is 15.1. The Labute approximate surface area is 132 Å². The molecule has 1 fully saturated rings. The molecule has 0 radical (unpaired) electrons. The van der Waals surface area contributed by atoms with Crippen molar-refractivity contribution in [2.75, 3.05) is 18.0 Å². The van der Waals surface area contributed by atoms with Crippen LogP contribution in [0.1, 0.15) is 38.8 Å². The van der Waals surface area contributed by atoms with Crippen molar-refractivity contribution in [1.82, 2.24) is 5.32 Å². The van der Waals surface area contributed by atoms with E-state index in [1.165, 1.54) is 21.3 Å². The van der Waals surface area contributed by atoms with Crippen LogP contribution in [0.25, 0.3) is 0 Å². The maximum atomic E-state index is 3.68. The van der Waals surface area contributed by atoms with Gasteiger partial charge < -0.3 is 10.2 Å². The van der Waals surface area contributed by atoms with Crippen LogP contribution in [0, 0.1) is 19.8 Å². The highest BCUT2D eigenvalue weighted by molar-refractivity contribution is 9.10. The predicted molar refractivity (Wildman–Crippen MR) is 91.7 cm³/mol. The van der Waals surface area contributed by atoms with Gasteiger partial charge >= 0.3 is 0 Å². The van der Waals surface area contributed by atoms with Crippen molar-refractivity contribution in [1.29, 1.82) is 0 Å². The summed E-state index contributed by atoms with van der Waals surface area (Å²) in [6, 6.07) is 5.19. The Morgan fingerprint density at radius 1 is 1.25 bits per heavy atom. The van der Waals surface area contributed by atoms with E-state index in [1.54, 1.807) is 0 Å². The van der Waals surface area contributed by atoms with Crippen molar-refractivity contribution >= 4 is 21.6 Å². The molecule has 1 aromatic rings.